The molecule has 0 saturated carbocycles. The van der Waals surface area contributed by atoms with Crippen LogP contribution in [0.3, 0.4) is 0 Å². The summed E-state index contributed by atoms with van der Waals surface area (Å²) < 4.78 is 15.7. The third-order valence-corrected chi connectivity index (χ3v) is 14.0. The highest BCUT2D eigenvalue weighted by Crippen LogP contribution is 2.44. The number of para-hydroxylation sites is 3. The second-order valence-electron chi connectivity index (χ2n) is 17.8. The zero-order valence-corrected chi connectivity index (χ0v) is 36.9. The second-order valence-corrected chi connectivity index (χ2v) is 17.8. The Kier molecular flexibility index (Phi) is 7.97. The van der Waals surface area contributed by atoms with Gasteiger partial charge in [-0.15, -0.1) is 0 Å². The molecule has 0 bridgehead atoms. The minimum atomic E-state index is 0.567. The first-order valence-electron chi connectivity index (χ1n) is 23.3. The SMILES string of the molecule is c1ccc(-c2nc(-c3ccc4c5ccccc5c5ccccc5c4c3)nc(-c3cccc4oc5ccc(-c6cc(-n7c8ccccc8c8ccccc87)cc7oc8ccccc8c67)cc5c34)n2)cc1. The van der Waals surface area contributed by atoms with E-state index in [1.807, 2.05) is 42.5 Å². The van der Waals surface area contributed by atoms with Gasteiger partial charge in [0, 0.05) is 55.1 Å². The molecule has 0 aliphatic rings. The smallest absolute Gasteiger partial charge is 0.164 e. The number of aromatic nitrogens is 4. The average molecular weight is 881 g/mol. The predicted molar refractivity (Wildman–Crippen MR) is 283 cm³/mol. The zero-order chi connectivity index (χ0) is 45.2. The summed E-state index contributed by atoms with van der Waals surface area (Å²) in [6, 6.07) is 76.8. The van der Waals surface area contributed by atoms with E-state index in [9.17, 15) is 0 Å². The van der Waals surface area contributed by atoms with E-state index in [2.05, 4.69) is 180 Å². The Hall–Kier alpha value is -9.39. The van der Waals surface area contributed by atoms with E-state index < -0.39 is 0 Å². The normalized spacial score (nSPS) is 12.1. The van der Waals surface area contributed by atoms with Crippen molar-refractivity contribution >= 4 is 98.0 Å². The standard InChI is InChI=1S/C63H36N4O2/c1-2-15-37(16-3-1)61-64-62(39-29-31-45-43-19-5-4-17-41(43)42-18-6-7-20-44(42)51(45)34-39)66-63(65-61)49-24-14-28-57-60(49)52-33-38(30-32-56(52)68-57)50-35-40(36-58-59(50)48-23-10-13-27-55(48)69-58)67-53-25-11-8-21-46(53)47-22-9-12-26-54(47)67/h1-36H. The van der Waals surface area contributed by atoms with Crippen LogP contribution in [0.2, 0.25) is 0 Å². The van der Waals surface area contributed by atoms with Gasteiger partial charge in [-0.2, -0.15) is 0 Å². The summed E-state index contributed by atoms with van der Waals surface area (Å²) in [4.78, 5) is 15.8. The molecule has 0 radical (unpaired) electrons. The van der Waals surface area contributed by atoms with E-state index in [0.29, 0.717) is 17.5 Å². The largest absolute Gasteiger partial charge is 0.456 e. The maximum atomic E-state index is 6.70. The van der Waals surface area contributed by atoms with Crippen LogP contribution in [-0.4, -0.2) is 19.5 Å². The third kappa shape index (κ3) is 5.69. The van der Waals surface area contributed by atoms with Crippen LogP contribution < -0.4 is 0 Å². The number of hydrogen-bond donors (Lipinski definition) is 0. The minimum Gasteiger partial charge on any atom is -0.456 e. The number of hydrogen-bond acceptors (Lipinski definition) is 5. The highest BCUT2D eigenvalue weighted by atomic mass is 16.3. The molecule has 6 nitrogen and oxygen atoms in total. The van der Waals surface area contributed by atoms with Crippen molar-refractivity contribution in [2.75, 3.05) is 0 Å². The van der Waals surface area contributed by atoms with Crippen molar-refractivity contribution in [2.24, 2.45) is 0 Å². The molecule has 0 N–H and O–H groups in total. The van der Waals surface area contributed by atoms with E-state index >= 15 is 0 Å². The van der Waals surface area contributed by atoms with Gasteiger partial charge in [-0.3, -0.25) is 0 Å². The van der Waals surface area contributed by atoms with Crippen molar-refractivity contribution in [1.29, 1.82) is 0 Å². The molecule has 0 unspecified atom stereocenters. The van der Waals surface area contributed by atoms with Crippen molar-refractivity contribution in [3.8, 4) is 51.0 Å². The van der Waals surface area contributed by atoms with Crippen molar-refractivity contribution in [1.82, 2.24) is 19.5 Å². The Labute approximate surface area is 394 Å². The van der Waals surface area contributed by atoms with Crippen LogP contribution >= 0.6 is 0 Å². The van der Waals surface area contributed by atoms with Crippen LogP contribution in [0, 0.1) is 0 Å². The van der Waals surface area contributed by atoms with Crippen LogP contribution in [0.25, 0.3) is 149 Å². The number of rotatable bonds is 5. The highest BCUT2D eigenvalue weighted by Gasteiger charge is 2.22. The van der Waals surface area contributed by atoms with Crippen molar-refractivity contribution in [3.63, 3.8) is 0 Å². The fourth-order valence-corrected chi connectivity index (χ4v) is 11.0. The molecule has 11 aromatic carbocycles. The Morgan fingerprint density at radius 2 is 0.783 bits per heavy atom. The fraction of sp³-hybridized carbons (Fsp3) is 0. The first-order chi connectivity index (χ1) is 34.2. The number of furan rings is 2. The lowest BCUT2D eigenvalue weighted by molar-refractivity contribution is 0.668. The zero-order valence-electron chi connectivity index (χ0n) is 36.9. The molecule has 320 valence electrons. The quantitative estimate of drug-likeness (QED) is 0.161. The van der Waals surface area contributed by atoms with Crippen LogP contribution in [0.15, 0.2) is 227 Å². The van der Waals surface area contributed by atoms with Crippen LogP contribution in [-0.2, 0) is 0 Å². The molecular weight excluding hydrogens is 845 g/mol. The first-order valence-corrected chi connectivity index (χ1v) is 23.3. The summed E-state index contributed by atoms with van der Waals surface area (Å²) in [6.07, 6.45) is 0. The third-order valence-electron chi connectivity index (χ3n) is 14.0. The van der Waals surface area contributed by atoms with E-state index in [1.54, 1.807) is 0 Å². The molecule has 0 amide bonds. The molecule has 0 fully saturated rings. The lowest BCUT2D eigenvalue weighted by Crippen LogP contribution is -2.00. The van der Waals surface area contributed by atoms with E-state index in [0.717, 1.165) is 93.8 Å². The Bertz CT molecular complexity index is 4530. The molecule has 69 heavy (non-hydrogen) atoms. The topological polar surface area (TPSA) is 69.9 Å². The molecule has 0 aliphatic carbocycles. The number of fused-ring (bicyclic) bond motifs is 15. The summed E-state index contributed by atoms with van der Waals surface area (Å²) in [6.45, 7) is 0. The average Bonchev–Trinajstić information content (AvgIpc) is 4.10. The van der Waals surface area contributed by atoms with Gasteiger partial charge < -0.3 is 13.4 Å². The Morgan fingerprint density at radius 1 is 0.275 bits per heavy atom. The van der Waals surface area contributed by atoms with Gasteiger partial charge in [0.25, 0.3) is 0 Å². The maximum absolute atomic E-state index is 6.70. The lowest BCUT2D eigenvalue weighted by Gasteiger charge is -2.13. The van der Waals surface area contributed by atoms with Gasteiger partial charge in [0.1, 0.15) is 22.3 Å². The fourth-order valence-electron chi connectivity index (χ4n) is 11.0. The Morgan fingerprint density at radius 3 is 1.51 bits per heavy atom. The molecular formula is C63H36N4O2. The van der Waals surface area contributed by atoms with Crippen LogP contribution in [0.5, 0.6) is 0 Å². The summed E-state index contributed by atoms with van der Waals surface area (Å²) in [7, 11) is 0. The first kappa shape index (κ1) is 37.8. The van der Waals surface area contributed by atoms with Gasteiger partial charge in [-0.05, 0) is 92.0 Å². The van der Waals surface area contributed by atoms with Crippen molar-refractivity contribution < 1.29 is 8.83 Å². The number of nitrogens with zero attached hydrogens (tertiary/aromatic N) is 4. The van der Waals surface area contributed by atoms with Crippen molar-refractivity contribution in [3.05, 3.63) is 218 Å². The summed E-state index contributed by atoms with van der Waals surface area (Å²) in [5.74, 6) is 1.76. The summed E-state index contributed by atoms with van der Waals surface area (Å²) >= 11 is 0. The lowest BCUT2D eigenvalue weighted by atomic mass is 9.93. The molecule has 15 rings (SSSR count). The van der Waals surface area contributed by atoms with Gasteiger partial charge in [-0.1, -0.05) is 164 Å². The monoisotopic (exact) mass is 880 g/mol. The van der Waals surface area contributed by atoms with Crippen LogP contribution in [0.4, 0.5) is 0 Å². The second kappa shape index (κ2) is 14.6. The molecule has 15 aromatic rings. The predicted octanol–water partition coefficient (Wildman–Crippen LogP) is 16.9. The molecule has 0 saturated heterocycles. The van der Waals surface area contributed by atoms with E-state index in [1.165, 1.54) is 37.7 Å². The molecule has 0 spiro atoms. The molecule has 4 heterocycles. The van der Waals surface area contributed by atoms with Gasteiger partial charge in [0.2, 0.25) is 0 Å². The van der Waals surface area contributed by atoms with Gasteiger partial charge in [0.15, 0.2) is 17.5 Å². The van der Waals surface area contributed by atoms with E-state index in [-0.39, 0.29) is 0 Å². The van der Waals surface area contributed by atoms with Gasteiger partial charge in [-0.25, -0.2) is 15.0 Å². The maximum Gasteiger partial charge on any atom is 0.164 e. The van der Waals surface area contributed by atoms with Gasteiger partial charge in [0.05, 0.1) is 16.7 Å². The molecule has 6 heteroatoms. The molecule has 0 aliphatic heterocycles. The molecule has 0 atom stereocenters. The Balaban J connectivity index is 0.959. The summed E-state index contributed by atoms with van der Waals surface area (Å²) in [5.41, 5.74) is 11.3. The molecule has 4 aromatic heterocycles. The minimum absolute atomic E-state index is 0.567. The van der Waals surface area contributed by atoms with Gasteiger partial charge >= 0.3 is 0 Å². The summed E-state index contributed by atoms with van der Waals surface area (Å²) in [5, 5.41) is 13.7. The van der Waals surface area contributed by atoms with E-state index in [4.69, 9.17) is 23.8 Å². The van der Waals surface area contributed by atoms with Crippen LogP contribution in [0.1, 0.15) is 0 Å². The highest BCUT2D eigenvalue weighted by molar-refractivity contribution is 6.26. The number of benzene rings is 11. The van der Waals surface area contributed by atoms with Crippen molar-refractivity contribution in [2.45, 2.75) is 0 Å².